The van der Waals surface area contributed by atoms with Crippen molar-refractivity contribution in [3.63, 3.8) is 0 Å². The minimum absolute atomic E-state index is 0.0504. The molecule has 1 fully saturated rings. The third-order valence-corrected chi connectivity index (χ3v) is 4.10. The molecule has 0 aromatic heterocycles. The van der Waals surface area contributed by atoms with Gasteiger partial charge in [-0.2, -0.15) is 0 Å². The molecule has 1 saturated carbocycles. The van der Waals surface area contributed by atoms with Gasteiger partial charge in [-0.25, -0.2) is 0 Å². The molecule has 3 heteroatoms. The summed E-state index contributed by atoms with van der Waals surface area (Å²) in [6.45, 7) is 4.94. The van der Waals surface area contributed by atoms with Crippen LogP contribution in [0.5, 0.6) is 0 Å². The summed E-state index contributed by atoms with van der Waals surface area (Å²) in [4.78, 5) is 0. The van der Waals surface area contributed by atoms with Crippen molar-refractivity contribution in [1.29, 1.82) is 0 Å². The minimum Gasteiger partial charge on any atom is -0.369 e. The molecule has 0 unspecified atom stereocenters. The highest BCUT2D eigenvalue weighted by atomic mass is 35.5. The third kappa shape index (κ3) is 4.48. The van der Waals surface area contributed by atoms with E-state index in [2.05, 4.69) is 12.2 Å². The van der Waals surface area contributed by atoms with Gasteiger partial charge in [0.2, 0.25) is 0 Å². The second-order valence-corrected chi connectivity index (χ2v) is 5.92. The van der Waals surface area contributed by atoms with Crippen LogP contribution < -0.4 is 5.32 Å². The van der Waals surface area contributed by atoms with E-state index in [0.717, 1.165) is 18.1 Å². The highest BCUT2D eigenvalue weighted by molar-refractivity contribution is 6.30. The van der Waals surface area contributed by atoms with Crippen LogP contribution in [0.15, 0.2) is 24.3 Å². The molecule has 0 amide bonds. The maximum absolute atomic E-state index is 6.26. The van der Waals surface area contributed by atoms with Crippen molar-refractivity contribution in [1.82, 2.24) is 5.32 Å². The number of nitrogens with one attached hydrogen (secondary N) is 1. The Kier molecular flexibility index (Phi) is 5.68. The van der Waals surface area contributed by atoms with Crippen molar-refractivity contribution in [2.45, 2.75) is 51.2 Å². The predicted octanol–water partition coefficient (Wildman–Crippen LogP) is 4.17. The van der Waals surface area contributed by atoms with Crippen LogP contribution in [0.3, 0.4) is 0 Å². The summed E-state index contributed by atoms with van der Waals surface area (Å²) in [5.74, 6) is 0. The maximum atomic E-state index is 6.26. The van der Waals surface area contributed by atoms with Crippen molar-refractivity contribution in [2.75, 3.05) is 13.1 Å². The lowest BCUT2D eigenvalue weighted by Crippen LogP contribution is -2.41. The molecule has 1 aliphatic rings. The van der Waals surface area contributed by atoms with Gasteiger partial charge in [0.25, 0.3) is 0 Å². The van der Waals surface area contributed by atoms with Crippen LogP contribution in [-0.4, -0.2) is 18.7 Å². The zero-order chi connectivity index (χ0) is 13.6. The van der Waals surface area contributed by atoms with E-state index in [1.165, 1.54) is 37.7 Å². The van der Waals surface area contributed by atoms with Gasteiger partial charge >= 0.3 is 0 Å². The van der Waals surface area contributed by atoms with Crippen LogP contribution in [0.2, 0.25) is 5.02 Å². The number of hydrogen-bond donors (Lipinski definition) is 1. The van der Waals surface area contributed by atoms with Gasteiger partial charge in [-0.1, -0.05) is 43.5 Å². The fourth-order valence-electron chi connectivity index (χ4n) is 2.70. The molecule has 0 heterocycles. The molecule has 0 atom stereocenters. The zero-order valence-corrected chi connectivity index (χ0v) is 12.5. The second kappa shape index (κ2) is 7.28. The second-order valence-electron chi connectivity index (χ2n) is 5.48. The van der Waals surface area contributed by atoms with Gasteiger partial charge in [0.05, 0.1) is 12.2 Å². The maximum Gasteiger partial charge on any atom is 0.0810 e. The fraction of sp³-hybridized carbons (Fsp3) is 0.625. The normalized spacial score (nSPS) is 17.8. The lowest BCUT2D eigenvalue weighted by molar-refractivity contribution is -0.0502. The number of ether oxygens (including phenoxy) is 1. The van der Waals surface area contributed by atoms with Crippen molar-refractivity contribution in [2.24, 2.45) is 0 Å². The molecule has 1 aromatic carbocycles. The van der Waals surface area contributed by atoms with E-state index in [1.54, 1.807) is 0 Å². The van der Waals surface area contributed by atoms with Gasteiger partial charge in [0.1, 0.15) is 0 Å². The largest absolute Gasteiger partial charge is 0.369 e. The van der Waals surface area contributed by atoms with Crippen LogP contribution in [0.25, 0.3) is 0 Å². The Morgan fingerprint density at radius 3 is 2.53 bits per heavy atom. The summed E-state index contributed by atoms with van der Waals surface area (Å²) in [6, 6.07) is 7.95. The average Bonchev–Trinajstić information content (AvgIpc) is 2.88. The van der Waals surface area contributed by atoms with Crippen molar-refractivity contribution < 1.29 is 4.74 Å². The van der Waals surface area contributed by atoms with E-state index < -0.39 is 0 Å². The van der Waals surface area contributed by atoms with E-state index in [1.807, 2.05) is 24.3 Å². The van der Waals surface area contributed by atoms with Crippen molar-refractivity contribution in [3.8, 4) is 0 Å². The molecule has 2 rings (SSSR count). The molecule has 2 nitrogen and oxygen atoms in total. The SMILES string of the molecule is CCCNCC1(OCc2ccc(Cl)cc2)CCCC1. The average molecular weight is 282 g/mol. The minimum atomic E-state index is 0.0504. The number of hydrogen-bond acceptors (Lipinski definition) is 2. The molecule has 0 saturated heterocycles. The molecule has 0 aliphatic heterocycles. The van der Waals surface area contributed by atoms with Gasteiger partial charge in [-0.05, 0) is 43.5 Å². The van der Waals surface area contributed by atoms with E-state index >= 15 is 0 Å². The monoisotopic (exact) mass is 281 g/mol. The molecule has 106 valence electrons. The summed E-state index contributed by atoms with van der Waals surface area (Å²) in [6.07, 6.45) is 6.10. The van der Waals surface area contributed by atoms with Crippen LogP contribution in [0.1, 0.15) is 44.6 Å². The van der Waals surface area contributed by atoms with Gasteiger partial charge in [0.15, 0.2) is 0 Å². The predicted molar refractivity (Wildman–Crippen MR) is 80.6 cm³/mol. The lowest BCUT2D eigenvalue weighted by Gasteiger charge is -2.30. The van der Waals surface area contributed by atoms with Crippen molar-refractivity contribution in [3.05, 3.63) is 34.9 Å². The van der Waals surface area contributed by atoms with E-state index in [-0.39, 0.29) is 5.60 Å². The topological polar surface area (TPSA) is 21.3 Å². The quantitative estimate of drug-likeness (QED) is 0.758. The Morgan fingerprint density at radius 2 is 1.89 bits per heavy atom. The fourth-order valence-corrected chi connectivity index (χ4v) is 2.83. The molecule has 19 heavy (non-hydrogen) atoms. The molecule has 0 spiro atoms. The first-order chi connectivity index (χ1) is 9.24. The highest BCUT2D eigenvalue weighted by Crippen LogP contribution is 2.33. The first-order valence-corrected chi connectivity index (χ1v) is 7.71. The molecular formula is C16H24ClNO. The number of rotatable bonds is 7. The molecule has 1 N–H and O–H groups in total. The summed E-state index contributed by atoms with van der Waals surface area (Å²) >= 11 is 5.90. The van der Waals surface area contributed by atoms with Gasteiger partial charge in [-0.3, -0.25) is 0 Å². The summed E-state index contributed by atoms with van der Waals surface area (Å²) in [7, 11) is 0. The van der Waals surface area contributed by atoms with E-state index in [0.29, 0.717) is 6.61 Å². The highest BCUT2D eigenvalue weighted by Gasteiger charge is 2.34. The van der Waals surface area contributed by atoms with Crippen molar-refractivity contribution >= 4 is 11.6 Å². The first kappa shape index (κ1) is 14.8. The van der Waals surface area contributed by atoms with Crippen LogP contribution >= 0.6 is 11.6 Å². The Hall–Kier alpha value is -0.570. The Morgan fingerprint density at radius 1 is 1.21 bits per heavy atom. The molecule has 1 aromatic rings. The first-order valence-electron chi connectivity index (χ1n) is 7.33. The molecule has 1 aliphatic carbocycles. The molecular weight excluding hydrogens is 258 g/mol. The van der Waals surface area contributed by atoms with Crippen LogP contribution in [-0.2, 0) is 11.3 Å². The van der Waals surface area contributed by atoms with Gasteiger partial charge in [0, 0.05) is 11.6 Å². The zero-order valence-electron chi connectivity index (χ0n) is 11.8. The van der Waals surface area contributed by atoms with Gasteiger partial charge in [-0.15, -0.1) is 0 Å². The lowest BCUT2D eigenvalue weighted by atomic mass is 10.0. The van der Waals surface area contributed by atoms with E-state index in [4.69, 9.17) is 16.3 Å². The number of benzene rings is 1. The van der Waals surface area contributed by atoms with Crippen LogP contribution in [0.4, 0.5) is 0 Å². The van der Waals surface area contributed by atoms with Crippen LogP contribution in [0, 0.1) is 0 Å². The molecule has 0 radical (unpaired) electrons. The third-order valence-electron chi connectivity index (χ3n) is 3.85. The summed E-state index contributed by atoms with van der Waals surface area (Å²) < 4.78 is 6.26. The Labute approximate surface area is 121 Å². The number of halogens is 1. The Balaban J connectivity index is 1.87. The Bertz CT molecular complexity index is 371. The smallest absolute Gasteiger partial charge is 0.0810 e. The molecule has 0 bridgehead atoms. The van der Waals surface area contributed by atoms with E-state index in [9.17, 15) is 0 Å². The van der Waals surface area contributed by atoms with Gasteiger partial charge < -0.3 is 10.1 Å². The summed E-state index contributed by atoms with van der Waals surface area (Å²) in [5.41, 5.74) is 1.25. The summed E-state index contributed by atoms with van der Waals surface area (Å²) in [5, 5.41) is 4.30. The standard InChI is InChI=1S/C16H24ClNO/c1-2-11-18-13-16(9-3-4-10-16)19-12-14-5-7-15(17)8-6-14/h5-8,18H,2-4,9-13H2,1H3.